The van der Waals surface area contributed by atoms with E-state index in [2.05, 4.69) is 21.9 Å². The summed E-state index contributed by atoms with van der Waals surface area (Å²) in [6, 6.07) is 6.39. The van der Waals surface area contributed by atoms with Crippen LogP contribution < -0.4 is 15.7 Å². The Bertz CT molecular complexity index is 936. The van der Waals surface area contributed by atoms with Gasteiger partial charge in [-0.25, -0.2) is 0 Å². The molecule has 0 spiro atoms. The van der Waals surface area contributed by atoms with Gasteiger partial charge in [-0.1, -0.05) is 18.1 Å². The highest BCUT2D eigenvalue weighted by molar-refractivity contribution is 6.03. The molecular weight excluding hydrogens is 328 g/mol. The number of para-hydroxylation sites is 1. The molecule has 1 amide bonds. The van der Waals surface area contributed by atoms with Crippen molar-refractivity contribution in [2.24, 2.45) is 0 Å². The third-order valence-electron chi connectivity index (χ3n) is 3.30. The van der Waals surface area contributed by atoms with Crippen LogP contribution in [0.2, 0.25) is 0 Å². The molecule has 2 rings (SSSR count). The molecule has 0 fully saturated rings. The number of hydrogen-bond donors (Lipinski definition) is 2. The topological polar surface area (TPSA) is 107 Å². The van der Waals surface area contributed by atoms with Crippen molar-refractivity contribution in [1.82, 2.24) is 10.0 Å². The van der Waals surface area contributed by atoms with Crippen LogP contribution in [-0.4, -0.2) is 42.0 Å². The molecule has 0 bridgehead atoms. The fourth-order valence-electron chi connectivity index (χ4n) is 2.11. The number of benzene rings is 1. The molecule has 0 saturated heterocycles. The van der Waals surface area contributed by atoms with E-state index in [0.717, 1.165) is 11.8 Å². The van der Waals surface area contributed by atoms with Gasteiger partial charge in [-0.2, -0.15) is 0 Å². The van der Waals surface area contributed by atoms with Crippen molar-refractivity contribution in [1.29, 1.82) is 0 Å². The molecule has 0 atom stereocenters. The first-order chi connectivity index (χ1) is 12.0. The number of fused-ring (bicyclic) bond motifs is 1. The Morgan fingerprint density at radius 3 is 2.72 bits per heavy atom. The molecule has 8 nitrogen and oxygen atoms in total. The van der Waals surface area contributed by atoms with E-state index in [1.165, 1.54) is 6.07 Å². The maximum Gasteiger partial charge on any atom is 0.325 e. The molecule has 0 aliphatic rings. The fraction of sp³-hybridized carbons (Fsp3) is 0.235. The maximum absolute atomic E-state index is 12.6. The number of rotatable bonds is 5. The van der Waals surface area contributed by atoms with Crippen molar-refractivity contribution in [2.45, 2.75) is 6.92 Å². The highest BCUT2D eigenvalue weighted by Gasteiger charge is 2.23. The Morgan fingerprint density at radius 2 is 2.04 bits per heavy atom. The van der Waals surface area contributed by atoms with Gasteiger partial charge in [0.25, 0.3) is 11.5 Å². The van der Waals surface area contributed by atoms with Crippen LogP contribution in [0.4, 0.5) is 0 Å². The van der Waals surface area contributed by atoms with Gasteiger partial charge < -0.3 is 20.0 Å². The lowest BCUT2D eigenvalue weighted by molar-refractivity contribution is -0.139. The Hall–Kier alpha value is -3.47. The predicted molar refractivity (Wildman–Crippen MR) is 89.1 cm³/mol. The summed E-state index contributed by atoms with van der Waals surface area (Å²) in [5.41, 5.74) is -1.11. The van der Waals surface area contributed by atoms with Crippen LogP contribution >= 0.6 is 0 Å². The van der Waals surface area contributed by atoms with Crippen molar-refractivity contribution in [2.75, 3.05) is 20.3 Å². The van der Waals surface area contributed by atoms with E-state index in [0.29, 0.717) is 0 Å². The van der Waals surface area contributed by atoms with Gasteiger partial charge in [0.2, 0.25) is 0 Å². The largest absolute Gasteiger partial charge is 0.506 e. The van der Waals surface area contributed by atoms with Crippen LogP contribution in [0.5, 0.6) is 5.75 Å². The van der Waals surface area contributed by atoms with Gasteiger partial charge in [0, 0.05) is 5.39 Å². The van der Waals surface area contributed by atoms with E-state index in [-0.39, 0.29) is 17.5 Å². The second kappa shape index (κ2) is 7.88. The Morgan fingerprint density at radius 1 is 1.32 bits per heavy atom. The van der Waals surface area contributed by atoms with Crippen LogP contribution in [0, 0.1) is 11.8 Å². The highest BCUT2D eigenvalue weighted by Crippen LogP contribution is 2.25. The molecule has 25 heavy (non-hydrogen) atoms. The predicted octanol–water partition coefficient (Wildman–Crippen LogP) is 0.0618. The zero-order valence-electron chi connectivity index (χ0n) is 13.7. The molecule has 1 aromatic carbocycles. The maximum atomic E-state index is 12.6. The molecule has 0 aliphatic carbocycles. The summed E-state index contributed by atoms with van der Waals surface area (Å²) < 4.78 is 5.31. The lowest BCUT2D eigenvalue weighted by Gasteiger charge is -2.14. The zero-order chi connectivity index (χ0) is 18.4. The van der Waals surface area contributed by atoms with Gasteiger partial charge >= 0.3 is 5.97 Å². The van der Waals surface area contributed by atoms with E-state index in [4.69, 9.17) is 4.84 Å². The quantitative estimate of drug-likeness (QED) is 0.587. The monoisotopic (exact) mass is 344 g/mol. The van der Waals surface area contributed by atoms with Gasteiger partial charge in [-0.05, 0) is 19.1 Å². The van der Waals surface area contributed by atoms with Crippen molar-refractivity contribution >= 4 is 22.8 Å². The summed E-state index contributed by atoms with van der Waals surface area (Å²) in [6.45, 7) is 1.10. The number of carbonyl (C=O) groups is 2. The van der Waals surface area contributed by atoms with Gasteiger partial charge in [-0.3, -0.25) is 14.4 Å². The number of amides is 1. The summed E-state index contributed by atoms with van der Waals surface area (Å²) in [5.74, 6) is 3.16. The van der Waals surface area contributed by atoms with E-state index in [9.17, 15) is 19.5 Å². The summed E-state index contributed by atoms with van der Waals surface area (Å²) in [4.78, 5) is 41.3. The minimum absolute atomic E-state index is 0.0750. The normalized spacial score (nSPS) is 9.84. The van der Waals surface area contributed by atoms with Gasteiger partial charge in [0.05, 0.1) is 12.6 Å². The number of carbonyl (C=O) groups excluding carboxylic acids is 2. The molecule has 2 aromatic rings. The molecule has 2 N–H and O–H groups in total. The highest BCUT2D eigenvalue weighted by atomic mass is 16.7. The Balaban J connectivity index is 2.55. The van der Waals surface area contributed by atoms with Crippen molar-refractivity contribution in [3.05, 3.63) is 40.2 Å². The van der Waals surface area contributed by atoms with Crippen LogP contribution in [0.25, 0.3) is 10.9 Å². The smallest absolute Gasteiger partial charge is 0.325 e. The SMILES string of the molecule is CC#CCOn1c(=O)c(C(=O)NCC(=O)OC)c(O)c2ccccc21. The van der Waals surface area contributed by atoms with Crippen molar-refractivity contribution in [3.8, 4) is 17.6 Å². The zero-order valence-corrected chi connectivity index (χ0v) is 13.7. The van der Waals surface area contributed by atoms with Gasteiger partial charge in [0.1, 0.15) is 12.3 Å². The molecular formula is C17H16N2O6. The van der Waals surface area contributed by atoms with Crippen molar-refractivity contribution in [3.63, 3.8) is 0 Å². The molecule has 0 saturated carbocycles. The lowest BCUT2D eigenvalue weighted by Crippen LogP contribution is -2.38. The first-order valence-corrected chi connectivity index (χ1v) is 7.25. The summed E-state index contributed by atoms with van der Waals surface area (Å²) in [5, 5.41) is 12.8. The van der Waals surface area contributed by atoms with E-state index >= 15 is 0 Å². The summed E-state index contributed by atoms with van der Waals surface area (Å²) in [7, 11) is 1.16. The third kappa shape index (κ3) is 3.72. The lowest BCUT2D eigenvalue weighted by atomic mass is 10.1. The molecule has 130 valence electrons. The summed E-state index contributed by atoms with van der Waals surface area (Å²) in [6.07, 6.45) is 0. The molecule has 0 radical (unpaired) electrons. The van der Waals surface area contributed by atoms with Gasteiger partial charge in [0.15, 0.2) is 12.2 Å². The second-order valence-electron chi connectivity index (χ2n) is 4.80. The van der Waals surface area contributed by atoms with E-state index in [1.807, 2.05) is 0 Å². The van der Waals surface area contributed by atoms with Crippen LogP contribution in [0.1, 0.15) is 17.3 Å². The Labute approximate surface area is 142 Å². The second-order valence-corrected chi connectivity index (χ2v) is 4.80. The first kappa shape index (κ1) is 17.9. The number of aromatic hydroxyl groups is 1. The van der Waals surface area contributed by atoms with Gasteiger partial charge in [-0.15, -0.1) is 10.7 Å². The number of hydrogen-bond acceptors (Lipinski definition) is 6. The fourth-order valence-corrected chi connectivity index (χ4v) is 2.11. The molecule has 1 aromatic heterocycles. The number of methoxy groups -OCH3 is 1. The molecule has 0 aliphatic heterocycles. The first-order valence-electron chi connectivity index (χ1n) is 7.25. The Kier molecular flexibility index (Phi) is 5.63. The average molecular weight is 344 g/mol. The molecule has 0 unspecified atom stereocenters. The third-order valence-corrected chi connectivity index (χ3v) is 3.30. The standard InChI is InChI=1S/C17H16N2O6/c1-3-4-9-25-19-12-8-6-5-7-11(12)15(21)14(17(19)23)16(22)18-10-13(20)24-2/h5-8,21H,9-10H2,1-2H3,(H,18,22). The van der Waals surface area contributed by atoms with Crippen molar-refractivity contribution < 1.29 is 24.3 Å². The molecule has 1 heterocycles. The number of esters is 1. The number of nitrogens with one attached hydrogen (secondary N) is 1. The van der Waals surface area contributed by atoms with E-state index < -0.39 is 35.3 Å². The van der Waals surface area contributed by atoms with E-state index in [1.54, 1.807) is 25.1 Å². The number of ether oxygens (including phenoxy) is 1. The summed E-state index contributed by atoms with van der Waals surface area (Å²) >= 11 is 0. The number of aromatic nitrogens is 1. The average Bonchev–Trinajstić information content (AvgIpc) is 2.62. The van der Waals surface area contributed by atoms with Crippen LogP contribution in [-0.2, 0) is 9.53 Å². The minimum Gasteiger partial charge on any atom is -0.506 e. The number of nitrogens with zero attached hydrogens (tertiary/aromatic N) is 1. The van der Waals surface area contributed by atoms with Crippen LogP contribution in [0.3, 0.4) is 0 Å². The molecule has 8 heteroatoms. The minimum atomic E-state index is -0.919. The van der Waals surface area contributed by atoms with Crippen LogP contribution in [0.15, 0.2) is 29.1 Å². The number of pyridine rings is 1.